The van der Waals surface area contributed by atoms with Crippen molar-refractivity contribution < 1.29 is 14.6 Å². The maximum absolute atomic E-state index is 11.1. The van der Waals surface area contributed by atoms with E-state index in [0.717, 1.165) is 52.4 Å². The van der Waals surface area contributed by atoms with E-state index in [1.165, 1.54) is 26.7 Å². The molecule has 1 saturated heterocycles. The molecule has 1 unspecified atom stereocenters. The number of hydrogen-bond acceptors (Lipinski definition) is 7. The van der Waals surface area contributed by atoms with Gasteiger partial charge in [0.15, 0.2) is 0 Å². The van der Waals surface area contributed by atoms with Gasteiger partial charge in [0.2, 0.25) is 0 Å². The molecule has 186 valence electrons. The molecule has 0 bridgehead atoms. The van der Waals surface area contributed by atoms with Crippen LogP contribution in [0, 0.1) is 6.92 Å². The highest BCUT2D eigenvalue weighted by molar-refractivity contribution is 7.99. The van der Waals surface area contributed by atoms with E-state index in [2.05, 4.69) is 71.0 Å². The number of aliphatic hydroxyl groups excluding tert-OH is 1. The number of β-amino-alcohol motifs (C(OH)–C–C–N with tert-alkyl or cyclic N) is 1. The molecule has 4 rings (SSSR count). The Bertz CT molecular complexity index is 904. The molecule has 1 N–H and O–H groups in total. The summed E-state index contributed by atoms with van der Waals surface area (Å²) >= 11 is 1.81. The van der Waals surface area contributed by atoms with Gasteiger partial charge >= 0.3 is 0 Å². The standard InChI is InChI=1S/C27H39N3O3S/c1-3-15-32-17-18-33-16-14-28-10-12-29(13-11-28)20-23(31)21-30-24-6-4-5-7-26(24)34-27-9-8-22(2)19-25(27)30/h4-9,19,23,31H,3,10-18,20-21H2,1-2H3. The third kappa shape index (κ3) is 6.97. The monoisotopic (exact) mass is 485 g/mol. The van der Waals surface area contributed by atoms with E-state index in [1.54, 1.807) is 0 Å². The molecule has 6 nitrogen and oxygen atoms in total. The van der Waals surface area contributed by atoms with E-state index in [0.29, 0.717) is 26.3 Å². The second-order valence-electron chi connectivity index (χ2n) is 9.17. The van der Waals surface area contributed by atoms with Crippen LogP contribution in [0.3, 0.4) is 0 Å². The average molecular weight is 486 g/mol. The smallest absolute Gasteiger partial charge is 0.0845 e. The van der Waals surface area contributed by atoms with Crippen molar-refractivity contribution >= 4 is 23.1 Å². The van der Waals surface area contributed by atoms with Gasteiger partial charge in [0.25, 0.3) is 0 Å². The Morgan fingerprint density at radius 3 is 2.35 bits per heavy atom. The highest BCUT2D eigenvalue weighted by Gasteiger charge is 2.26. The van der Waals surface area contributed by atoms with Crippen LogP contribution in [0.1, 0.15) is 18.9 Å². The number of nitrogens with zero attached hydrogens (tertiary/aromatic N) is 3. The molecule has 2 aliphatic heterocycles. The van der Waals surface area contributed by atoms with Crippen LogP contribution in [0.25, 0.3) is 0 Å². The molecule has 7 heteroatoms. The summed E-state index contributed by atoms with van der Waals surface area (Å²) in [7, 11) is 0. The van der Waals surface area contributed by atoms with Gasteiger partial charge in [-0.15, -0.1) is 0 Å². The highest BCUT2D eigenvalue weighted by atomic mass is 32.2. The molecule has 34 heavy (non-hydrogen) atoms. The van der Waals surface area contributed by atoms with Gasteiger partial charge < -0.3 is 19.5 Å². The van der Waals surface area contributed by atoms with Gasteiger partial charge in [0.1, 0.15) is 0 Å². The third-order valence-electron chi connectivity index (χ3n) is 6.38. The lowest BCUT2D eigenvalue weighted by molar-refractivity contribution is 0.0275. The number of aryl methyl sites for hydroxylation is 1. The number of rotatable bonds is 12. The van der Waals surface area contributed by atoms with Crippen LogP contribution < -0.4 is 4.90 Å². The van der Waals surface area contributed by atoms with Crippen LogP contribution in [0.4, 0.5) is 11.4 Å². The van der Waals surface area contributed by atoms with E-state index in [4.69, 9.17) is 9.47 Å². The zero-order chi connectivity index (χ0) is 23.8. The fourth-order valence-corrected chi connectivity index (χ4v) is 5.63. The quantitative estimate of drug-likeness (QED) is 0.456. The Morgan fingerprint density at radius 2 is 1.56 bits per heavy atom. The van der Waals surface area contributed by atoms with E-state index in [1.807, 2.05) is 11.8 Å². The Hall–Kier alpha value is -1.61. The van der Waals surface area contributed by atoms with Crippen molar-refractivity contribution in [3.63, 3.8) is 0 Å². The first-order valence-electron chi connectivity index (χ1n) is 12.6. The number of anilines is 2. The van der Waals surface area contributed by atoms with E-state index < -0.39 is 6.10 Å². The van der Waals surface area contributed by atoms with Crippen LogP contribution in [0.15, 0.2) is 52.3 Å². The Labute approximate surface area is 208 Å². The van der Waals surface area contributed by atoms with Gasteiger partial charge in [0.05, 0.1) is 43.8 Å². The van der Waals surface area contributed by atoms with E-state index in [9.17, 15) is 5.11 Å². The number of benzene rings is 2. The van der Waals surface area contributed by atoms with Gasteiger partial charge in [-0.3, -0.25) is 9.80 Å². The molecule has 2 aliphatic rings. The molecule has 0 saturated carbocycles. The molecule has 0 aliphatic carbocycles. The summed E-state index contributed by atoms with van der Waals surface area (Å²) in [4.78, 5) is 9.65. The van der Waals surface area contributed by atoms with Gasteiger partial charge in [-0.05, 0) is 43.2 Å². The molecule has 2 aromatic carbocycles. The molecule has 0 radical (unpaired) electrons. The van der Waals surface area contributed by atoms with E-state index >= 15 is 0 Å². The molecule has 1 fully saturated rings. The van der Waals surface area contributed by atoms with Crippen molar-refractivity contribution in [2.45, 2.75) is 36.2 Å². The van der Waals surface area contributed by atoms with Crippen molar-refractivity contribution in [1.29, 1.82) is 0 Å². The summed E-state index contributed by atoms with van der Waals surface area (Å²) in [6.45, 7) is 13.4. The minimum Gasteiger partial charge on any atom is -0.390 e. The van der Waals surface area contributed by atoms with Gasteiger partial charge in [0, 0.05) is 55.7 Å². The molecule has 0 spiro atoms. The average Bonchev–Trinajstić information content (AvgIpc) is 2.84. The summed E-state index contributed by atoms with van der Waals surface area (Å²) in [5.74, 6) is 0. The Kier molecular flexibility index (Phi) is 9.67. The fourth-order valence-electron chi connectivity index (χ4n) is 4.56. The summed E-state index contributed by atoms with van der Waals surface area (Å²) in [5.41, 5.74) is 3.63. The fraction of sp³-hybridized carbons (Fsp3) is 0.556. The Balaban J connectivity index is 1.24. The Morgan fingerprint density at radius 1 is 0.853 bits per heavy atom. The normalized spacial score (nSPS) is 17.4. The third-order valence-corrected chi connectivity index (χ3v) is 7.51. The number of piperazine rings is 1. The molecule has 2 heterocycles. The van der Waals surface area contributed by atoms with Crippen LogP contribution in [-0.2, 0) is 9.47 Å². The predicted molar refractivity (Wildman–Crippen MR) is 140 cm³/mol. The molecular weight excluding hydrogens is 446 g/mol. The maximum atomic E-state index is 11.1. The lowest BCUT2D eigenvalue weighted by Gasteiger charge is -2.38. The van der Waals surface area contributed by atoms with Crippen molar-refractivity contribution in [3.05, 3.63) is 48.0 Å². The lowest BCUT2D eigenvalue weighted by atomic mass is 10.1. The number of para-hydroxylation sites is 1. The topological polar surface area (TPSA) is 48.4 Å². The van der Waals surface area contributed by atoms with Crippen LogP contribution >= 0.6 is 11.8 Å². The minimum atomic E-state index is -0.414. The number of hydrogen-bond donors (Lipinski definition) is 1. The molecule has 0 aromatic heterocycles. The van der Waals surface area contributed by atoms with Crippen molar-refractivity contribution in [2.24, 2.45) is 0 Å². The van der Waals surface area contributed by atoms with Crippen LogP contribution in [-0.4, -0.2) is 93.3 Å². The molecule has 2 aromatic rings. The first kappa shape index (κ1) is 25.5. The summed E-state index contributed by atoms with van der Waals surface area (Å²) in [5, 5.41) is 11.1. The predicted octanol–water partition coefficient (Wildman–Crippen LogP) is 4.02. The SMILES string of the molecule is CCCOCCOCCN1CCN(CC(O)CN2c3ccccc3Sc3ccc(C)cc32)CC1. The van der Waals surface area contributed by atoms with E-state index in [-0.39, 0.29) is 0 Å². The molecule has 1 atom stereocenters. The van der Waals surface area contributed by atoms with Gasteiger partial charge in [-0.2, -0.15) is 0 Å². The van der Waals surface area contributed by atoms with Crippen LogP contribution in [0.5, 0.6) is 0 Å². The first-order valence-corrected chi connectivity index (χ1v) is 13.4. The molecular formula is C27H39N3O3S. The number of aliphatic hydroxyl groups is 1. The summed E-state index contributed by atoms with van der Waals surface area (Å²) in [6, 6.07) is 15.1. The summed E-state index contributed by atoms with van der Waals surface area (Å²) in [6.07, 6.45) is 0.638. The zero-order valence-electron chi connectivity index (χ0n) is 20.6. The summed E-state index contributed by atoms with van der Waals surface area (Å²) < 4.78 is 11.1. The van der Waals surface area contributed by atoms with Gasteiger partial charge in [-0.25, -0.2) is 0 Å². The van der Waals surface area contributed by atoms with Crippen molar-refractivity contribution in [2.75, 3.05) is 77.1 Å². The van der Waals surface area contributed by atoms with Crippen molar-refractivity contribution in [3.8, 4) is 0 Å². The molecule has 0 amide bonds. The second-order valence-corrected chi connectivity index (χ2v) is 10.3. The van der Waals surface area contributed by atoms with Crippen molar-refractivity contribution in [1.82, 2.24) is 9.80 Å². The highest BCUT2D eigenvalue weighted by Crippen LogP contribution is 2.48. The lowest BCUT2D eigenvalue weighted by Crippen LogP contribution is -2.50. The zero-order valence-corrected chi connectivity index (χ0v) is 21.4. The maximum Gasteiger partial charge on any atom is 0.0845 e. The number of ether oxygens (including phenoxy) is 2. The van der Waals surface area contributed by atoms with Crippen LogP contribution in [0.2, 0.25) is 0 Å². The number of fused-ring (bicyclic) bond motifs is 2. The minimum absolute atomic E-state index is 0.414. The first-order chi connectivity index (χ1) is 16.6. The largest absolute Gasteiger partial charge is 0.390 e. The van der Waals surface area contributed by atoms with Gasteiger partial charge in [-0.1, -0.05) is 36.9 Å². The second kappa shape index (κ2) is 12.9.